The Kier molecular flexibility index (Phi) is 7.46. The van der Waals surface area contributed by atoms with E-state index in [0.717, 1.165) is 11.1 Å². The molecule has 0 amide bonds. The average Bonchev–Trinajstić information content (AvgIpc) is 2.86. The molecule has 5 nitrogen and oxygen atoms in total. The highest BCUT2D eigenvalue weighted by Crippen LogP contribution is 2.34. The first kappa shape index (κ1) is 24.0. The van der Waals surface area contributed by atoms with Crippen molar-refractivity contribution in [3.63, 3.8) is 0 Å². The zero-order chi connectivity index (χ0) is 24.7. The van der Waals surface area contributed by atoms with Crippen molar-refractivity contribution in [2.24, 2.45) is 0 Å². The summed E-state index contributed by atoms with van der Waals surface area (Å²) in [4.78, 5) is 17.6. The van der Waals surface area contributed by atoms with E-state index in [4.69, 9.17) is 14.2 Å². The van der Waals surface area contributed by atoms with E-state index in [1.807, 2.05) is 106 Å². The summed E-state index contributed by atoms with van der Waals surface area (Å²) in [5, 5.41) is 0. The maximum absolute atomic E-state index is 13.0. The Balaban J connectivity index is 1.67. The third-order valence-electron chi connectivity index (χ3n) is 5.12. The first-order valence-corrected chi connectivity index (χ1v) is 11.6. The predicted octanol–water partition coefficient (Wildman–Crippen LogP) is 6.86. The van der Waals surface area contributed by atoms with Crippen LogP contribution in [0.15, 0.2) is 97.1 Å². The second kappa shape index (κ2) is 10.9. The molecule has 5 heteroatoms. The van der Waals surface area contributed by atoms with Crippen LogP contribution in [0.2, 0.25) is 0 Å². The molecule has 0 unspecified atom stereocenters. The lowest BCUT2D eigenvalue weighted by Crippen LogP contribution is -2.24. The van der Waals surface area contributed by atoms with Crippen molar-refractivity contribution in [2.75, 3.05) is 0 Å². The number of hydrogen-bond acceptors (Lipinski definition) is 5. The molecule has 0 fully saturated rings. The minimum atomic E-state index is -0.607. The summed E-state index contributed by atoms with van der Waals surface area (Å²) in [7, 11) is 0. The van der Waals surface area contributed by atoms with E-state index in [0.29, 0.717) is 41.7 Å². The molecule has 1 aromatic heterocycles. The van der Waals surface area contributed by atoms with Gasteiger partial charge >= 0.3 is 5.97 Å². The number of ether oxygens (including phenoxy) is 3. The lowest BCUT2D eigenvalue weighted by molar-refractivity contribution is 0.00704. The SMILES string of the molecule is CC(C)(C)OC(=O)c1ccccc1-c1ccc(OCc2ccccc2)nc1OCc1ccccc1. The summed E-state index contributed by atoms with van der Waals surface area (Å²) < 4.78 is 17.7. The van der Waals surface area contributed by atoms with E-state index in [9.17, 15) is 4.79 Å². The number of carbonyl (C=O) groups excluding carboxylic acids is 1. The first-order valence-electron chi connectivity index (χ1n) is 11.6. The van der Waals surface area contributed by atoms with Gasteiger partial charge in [0, 0.05) is 17.2 Å². The van der Waals surface area contributed by atoms with Crippen LogP contribution in [0.4, 0.5) is 0 Å². The highest BCUT2D eigenvalue weighted by atomic mass is 16.6. The highest BCUT2D eigenvalue weighted by Gasteiger charge is 2.22. The largest absolute Gasteiger partial charge is 0.473 e. The molecular weight excluding hydrogens is 438 g/mol. The maximum atomic E-state index is 13.0. The summed E-state index contributed by atoms with van der Waals surface area (Å²) >= 11 is 0. The monoisotopic (exact) mass is 467 g/mol. The summed E-state index contributed by atoms with van der Waals surface area (Å²) in [5.41, 5.74) is 3.27. The molecule has 0 N–H and O–H groups in total. The zero-order valence-electron chi connectivity index (χ0n) is 20.2. The summed E-state index contributed by atoms with van der Waals surface area (Å²) in [6, 6.07) is 30.8. The molecule has 0 aliphatic heterocycles. The summed E-state index contributed by atoms with van der Waals surface area (Å²) in [6.45, 7) is 6.27. The van der Waals surface area contributed by atoms with Crippen LogP contribution in [0.25, 0.3) is 11.1 Å². The minimum Gasteiger partial charge on any atom is -0.473 e. The van der Waals surface area contributed by atoms with E-state index in [2.05, 4.69) is 4.98 Å². The van der Waals surface area contributed by atoms with Crippen LogP contribution in [0.1, 0.15) is 42.3 Å². The van der Waals surface area contributed by atoms with Crippen molar-refractivity contribution in [2.45, 2.75) is 39.6 Å². The molecule has 0 atom stereocenters. The molecule has 0 saturated carbocycles. The van der Waals surface area contributed by atoms with Gasteiger partial charge in [0.25, 0.3) is 0 Å². The predicted molar refractivity (Wildman–Crippen MR) is 136 cm³/mol. The van der Waals surface area contributed by atoms with Crippen molar-refractivity contribution in [1.82, 2.24) is 4.98 Å². The molecule has 0 saturated heterocycles. The van der Waals surface area contributed by atoms with E-state index in [1.54, 1.807) is 12.1 Å². The van der Waals surface area contributed by atoms with Crippen molar-refractivity contribution < 1.29 is 19.0 Å². The number of hydrogen-bond donors (Lipinski definition) is 0. The number of benzene rings is 3. The van der Waals surface area contributed by atoms with Gasteiger partial charge in [-0.1, -0.05) is 78.9 Å². The molecule has 0 radical (unpaired) electrons. The Morgan fingerprint density at radius 2 is 1.26 bits per heavy atom. The average molecular weight is 468 g/mol. The third kappa shape index (κ3) is 6.70. The van der Waals surface area contributed by atoms with Crippen molar-refractivity contribution in [3.8, 4) is 22.9 Å². The molecule has 178 valence electrons. The first-order chi connectivity index (χ1) is 16.9. The molecular formula is C30H29NO4. The minimum absolute atomic E-state index is 0.331. The van der Waals surface area contributed by atoms with Gasteiger partial charge in [0.1, 0.15) is 18.8 Å². The van der Waals surface area contributed by atoms with Crippen LogP contribution in [0.5, 0.6) is 11.8 Å². The number of nitrogens with zero attached hydrogens (tertiary/aromatic N) is 1. The van der Waals surface area contributed by atoms with Gasteiger partial charge in [0.15, 0.2) is 0 Å². The van der Waals surface area contributed by atoms with Gasteiger partial charge in [-0.3, -0.25) is 0 Å². The molecule has 0 spiro atoms. The topological polar surface area (TPSA) is 57.7 Å². The van der Waals surface area contributed by atoms with Gasteiger partial charge < -0.3 is 14.2 Å². The fraction of sp³-hybridized carbons (Fsp3) is 0.200. The maximum Gasteiger partial charge on any atom is 0.339 e. The lowest BCUT2D eigenvalue weighted by atomic mass is 10.0. The molecule has 4 rings (SSSR count). The van der Waals surface area contributed by atoms with Gasteiger partial charge in [-0.15, -0.1) is 0 Å². The number of rotatable bonds is 8. The molecule has 35 heavy (non-hydrogen) atoms. The van der Waals surface area contributed by atoms with Gasteiger partial charge in [-0.05, 0) is 44.0 Å². The Labute approximate surface area is 206 Å². The van der Waals surface area contributed by atoms with Crippen LogP contribution in [0.3, 0.4) is 0 Å². The fourth-order valence-electron chi connectivity index (χ4n) is 3.51. The molecule has 3 aromatic carbocycles. The molecule has 0 bridgehead atoms. The van der Waals surface area contributed by atoms with Crippen molar-refractivity contribution >= 4 is 5.97 Å². The normalized spacial score (nSPS) is 11.1. The van der Waals surface area contributed by atoms with Crippen LogP contribution in [-0.4, -0.2) is 16.6 Å². The van der Waals surface area contributed by atoms with E-state index in [-0.39, 0.29) is 0 Å². The highest BCUT2D eigenvalue weighted by molar-refractivity contribution is 5.98. The van der Waals surface area contributed by atoms with Gasteiger partial charge in [-0.2, -0.15) is 4.98 Å². The van der Waals surface area contributed by atoms with Crippen LogP contribution >= 0.6 is 0 Å². The van der Waals surface area contributed by atoms with Gasteiger partial charge in [-0.25, -0.2) is 4.79 Å². The third-order valence-corrected chi connectivity index (χ3v) is 5.12. The lowest BCUT2D eigenvalue weighted by Gasteiger charge is -2.21. The number of pyridine rings is 1. The second-order valence-corrected chi connectivity index (χ2v) is 9.10. The smallest absolute Gasteiger partial charge is 0.339 e. The summed E-state index contributed by atoms with van der Waals surface area (Å²) in [6.07, 6.45) is 0. The van der Waals surface area contributed by atoms with Crippen molar-refractivity contribution in [3.05, 3.63) is 114 Å². The number of aromatic nitrogens is 1. The summed E-state index contributed by atoms with van der Waals surface area (Å²) in [5.74, 6) is 0.428. The molecule has 1 heterocycles. The van der Waals surface area contributed by atoms with E-state index < -0.39 is 11.6 Å². The van der Waals surface area contributed by atoms with Gasteiger partial charge in [0.2, 0.25) is 11.8 Å². The number of carbonyl (C=O) groups is 1. The Morgan fingerprint density at radius 1 is 0.686 bits per heavy atom. The molecule has 0 aliphatic rings. The van der Waals surface area contributed by atoms with Crippen LogP contribution in [-0.2, 0) is 18.0 Å². The molecule has 0 aliphatic carbocycles. The molecule has 4 aromatic rings. The Morgan fingerprint density at radius 3 is 1.89 bits per heavy atom. The fourth-order valence-corrected chi connectivity index (χ4v) is 3.51. The second-order valence-electron chi connectivity index (χ2n) is 9.10. The van der Waals surface area contributed by atoms with Crippen LogP contribution in [0, 0.1) is 0 Å². The van der Waals surface area contributed by atoms with Gasteiger partial charge in [0.05, 0.1) is 5.56 Å². The zero-order valence-corrected chi connectivity index (χ0v) is 20.2. The standard InChI is InChI=1S/C30H29NO4/c1-30(2,3)35-29(32)26-17-11-10-16-24(26)25-18-19-27(33-20-22-12-6-4-7-13-22)31-28(25)34-21-23-14-8-5-9-15-23/h4-19H,20-21H2,1-3H3. The van der Waals surface area contributed by atoms with Crippen molar-refractivity contribution in [1.29, 1.82) is 0 Å². The Hall–Kier alpha value is -4.12. The number of esters is 1. The van der Waals surface area contributed by atoms with Crippen LogP contribution < -0.4 is 9.47 Å². The quantitative estimate of drug-likeness (QED) is 0.265. The van der Waals surface area contributed by atoms with E-state index >= 15 is 0 Å². The van der Waals surface area contributed by atoms with E-state index in [1.165, 1.54) is 0 Å². The Bertz CT molecular complexity index is 1260.